The molecule has 0 saturated heterocycles. The van der Waals surface area contributed by atoms with Gasteiger partial charge in [0.1, 0.15) is 0 Å². The van der Waals surface area contributed by atoms with E-state index in [1.807, 2.05) is 26.0 Å². The van der Waals surface area contributed by atoms with Crippen molar-refractivity contribution in [1.82, 2.24) is 25.8 Å². The quantitative estimate of drug-likeness (QED) is 0.251. The van der Waals surface area contributed by atoms with Gasteiger partial charge in [0.15, 0.2) is 5.96 Å². The Morgan fingerprint density at radius 2 is 1.97 bits per heavy atom. The molecule has 0 atom stereocenters. The monoisotopic (exact) mass is 546 g/mol. The standard InChI is InChI=1S/C19H23ClN6OS.HI/c1-3-21-19(22-10-8-16-12-28-13(2)24-16)23-11-9-17-25-18(26-27-17)14-4-6-15(20)7-5-14;/h4-7,12H,3,8-11H2,1-2H3,(H2,21,22,23);1H. The highest BCUT2D eigenvalue weighted by Crippen LogP contribution is 2.18. The van der Waals surface area contributed by atoms with Crippen molar-refractivity contribution in [3.05, 3.63) is 51.3 Å². The maximum Gasteiger partial charge on any atom is 0.228 e. The second-order valence-corrected chi connectivity index (χ2v) is 7.56. The third kappa shape index (κ3) is 7.56. The molecule has 0 saturated carbocycles. The predicted octanol–water partition coefficient (Wildman–Crippen LogP) is 4.11. The van der Waals surface area contributed by atoms with E-state index < -0.39 is 0 Å². The van der Waals surface area contributed by atoms with Gasteiger partial charge in [-0.3, -0.25) is 4.99 Å². The lowest BCUT2D eigenvalue weighted by atomic mass is 10.2. The lowest BCUT2D eigenvalue weighted by Gasteiger charge is -2.10. The second kappa shape index (κ2) is 12.1. The van der Waals surface area contributed by atoms with Gasteiger partial charge >= 0.3 is 0 Å². The number of rotatable bonds is 8. The van der Waals surface area contributed by atoms with Crippen LogP contribution in [0.4, 0.5) is 0 Å². The Hall–Kier alpha value is -1.72. The van der Waals surface area contributed by atoms with Crippen molar-refractivity contribution in [3.63, 3.8) is 0 Å². The topological polar surface area (TPSA) is 88.2 Å². The van der Waals surface area contributed by atoms with Gasteiger partial charge in [0.2, 0.25) is 11.7 Å². The molecule has 0 aliphatic heterocycles. The Morgan fingerprint density at radius 3 is 2.66 bits per heavy atom. The van der Waals surface area contributed by atoms with E-state index in [4.69, 9.17) is 16.1 Å². The van der Waals surface area contributed by atoms with Crippen molar-refractivity contribution in [1.29, 1.82) is 0 Å². The molecule has 156 valence electrons. The summed E-state index contributed by atoms with van der Waals surface area (Å²) in [4.78, 5) is 13.5. The molecule has 3 rings (SSSR count). The van der Waals surface area contributed by atoms with Crippen LogP contribution in [0, 0.1) is 6.92 Å². The van der Waals surface area contributed by atoms with Crippen molar-refractivity contribution < 1.29 is 4.52 Å². The van der Waals surface area contributed by atoms with Crippen molar-refractivity contribution >= 4 is 52.9 Å². The van der Waals surface area contributed by atoms with E-state index in [2.05, 4.69) is 36.1 Å². The van der Waals surface area contributed by atoms with E-state index in [0.717, 1.165) is 41.7 Å². The summed E-state index contributed by atoms with van der Waals surface area (Å²) >= 11 is 7.58. The van der Waals surface area contributed by atoms with Gasteiger partial charge in [-0.2, -0.15) is 4.98 Å². The van der Waals surface area contributed by atoms with Gasteiger partial charge in [-0.1, -0.05) is 16.8 Å². The Labute approximate surface area is 196 Å². The van der Waals surface area contributed by atoms with Crippen LogP contribution in [-0.2, 0) is 12.8 Å². The molecule has 0 radical (unpaired) electrons. The summed E-state index contributed by atoms with van der Waals surface area (Å²) in [7, 11) is 0. The predicted molar refractivity (Wildman–Crippen MR) is 128 cm³/mol. The molecule has 0 spiro atoms. The van der Waals surface area contributed by atoms with E-state index in [0.29, 0.717) is 29.7 Å². The third-order valence-electron chi connectivity index (χ3n) is 3.85. The van der Waals surface area contributed by atoms with Crippen LogP contribution < -0.4 is 10.6 Å². The summed E-state index contributed by atoms with van der Waals surface area (Å²) in [6, 6.07) is 7.34. The highest BCUT2D eigenvalue weighted by Gasteiger charge is 2.08. The highest BCUT2D eigenvalue weighted by atomic mass is 127. The summed E-state index contributed by atoms with van der Waals surface area (Å²) < 4.78 is 5.32. The lowest BCUT2D eigenvalue weighted by molar-refractivity contribution is 0.380. The fourth-order valence-electron chi connectivity index (χ4n) is 2.51. The minimum atomic E-state index is 0. The van der Waals surface area contributed by atoms with Crippen molar-refractivity contribution in [2.75, 3.05) is 19.6 Å². The molecule has 0 fully saturated rings. The van der Waals surface area contributed by atoms with Crippen LogP contribution in [-0.4, -0.2) is 40.7 Å². The van der Waals surface area contributed by atoms with Crippen LogP contribution in [0.25, 0.3) is 11.4 Å². The van der Waals surface area contributed by atoms with Crippen LogP contribution in [0.3, 0.4) is 0 Å². The molecule has 0 aliphatic carbocycles. The molecule has 0 amide bonds. The smallest absolute Gasteiger partial charge is 0.228 e. The van der Waals surface area contributed by atoms with E-state index in [1.54, 1.807) is 23.5 Å². The molecule has 2 aromatic heterocycles. The minimum Gasteiger partial charge on any atom is -0.357 e. The van der Waals surface area contributed by atoms with Gasteiger partial charge in [0.25, 0.3) is 0 Å². The molecule has 7 nitrogen and oxygen atoms in total. The number of guanidine groups is 1. The average Bonchev–Trinajstić information content (AvgIpc) is 3.31. The van der Waals surface area contributed by atoms with Crippen molar-refractivity contribution in [3.8, 4) is 11.4 Å². The molecule has 2 heterocycles. The van der Waals surface area contributed by atoms with E-state index in [-0.39, 0.29) is 24.0 Å². The van der Waals surface area contributed by atoms with Crippen LogP contribution in [0.1, 0.15) is 23.5 Å². The molecule has 29 heavy (non-hydrogen) atoms. The lowest BCUT2D eigenvalue weighted by Crippen LogP contribution is -2.38. The Morgan fingerprint density at radius 1 is 1.17 bits per heavy atom. The Bertz CT molecular complexity index is 912. The van der Waals surface area contributed by atoms with Gasteiger partial charge < -0.3 is 15.2 Å². The van der Waals surface area contributed by atoms with Crippen LogP contribution in [0.15, 0.2) is 39.2 Å². The number of aryl methyl sites for hydroxylation is 1. The number of hydrogen-bond acceptors (Lipinski definition) is 6. The van der Waals surface area contributed by atoms with Crippen LogP contribution >= 0.6 is 46.9 Å². The molecule has 1 aromatic carbocycles. The first-order valence-electron chi connectivity index (χ1n) is 9.15. The zero-order valence-electron chi connectivity index (χ0n) is 16.3. The average molecular weight is 547 g/mol. The van der Waals surface area contributed by atoms with Gasteiger partial charge in [-0.25, -0.2) is 4.98 Å². The number of nitrogens with zero attached hydrogens (tertiary/aromatic N) is 4. The van der Waals surface area contributed by atoms with Gasteiger partial charge in [0, 0.05) is 41.9 Å². The fourth-order valence-corrected chi connectivity index (χ4v) is 3.28. The Kier molecular flexibility index (Phi) is 9.82. The maximum atomic E-state index is 5.91. The Balaban J connectivity index is 0.00000300. The molecular weight excluding hydrogens is 523 g/mol. The molecule has 0 unspecified atom stereocenters. The largest absolute Gasteiger partial charge is 0.357 e. The molecule has 0 aliphatic rings. The van der Waals surface area contributed by atoms with E-state index in [9.17, 15) is 0 Å². The molecule has 3 aromatic rings. The number of hydrogen-bond donors (Lipinski definition) is 2. The number of aliphatic imine (C=N–C) groups is 1. The van der Waals surface area contributed by atoms with Crippen molar-refractivity contribution in [2.45, 2.75) is 26.7 Å². The number of halogens is 2. The molecular formula is C19H24ClIN6OS. The summed E-state index contributed by atoms with van der Waals surface area (Å²) in [6.07, 6.45) is 1.44. The summed E-state index contributed by atoms with van der Waals surface area (Å²) in [5, 5.41) is 14.4. The number of aromatic nitrogens is 3. The summed E-state index contributed by atoms with van der Waals surface area (Å²) in [6.45, 7) is 6.17. The number of thiazole rings is 1. The van der Waals surface area contributed by atoms with E-state index in [1.165, 1.54) is 0 Å². The SMILES string of the molecule is CCNC(=NCCc1nc(-c2ccc(Cl)cc2)no1)NCCc1csc(C)n1.I. The zero-order valence-corrected chi connectivity index (χ0v) is 20.2. The zero-order chi connectivity index (χ0) is 19.8. The first kappa shape index (κ1) is 23.6. The summed E-state index contributed by atoms with van der Waals surface area (Å²) in [5.41, 5.74) is 1.97. The van der Waals surface area contributed by atoms with Crippen LogP contribution in [0.5, 0.6) is 0 Å². The summed E-state index contributed by atoms with van der Waals surface area (Å²) in [5.74, 6) is 1.88. The van der Waals surface area contributed by atoms with Crippen LogP contribution in [0.2, 0.25) is 5.02 Å². The fraction of sp³-hybridized carbons (Fsp3) is 0.368. The first-order chi connectivity index (χ1) is 13.6. The second-order valence-electron chi connectivity index (χ2n) is 6.06. The van der Waals surface area contributed by atoms with Gasteiger partial charge in [-0.15, -0.1) is 35.3 Å². The van der Waals surface area contributed by atoms with E-state index >= 15 is 0 Å². The van der Waals surface area contributed by atoms with Gasteiger partial charge in [-0.05, 0) is 38.1 Å². The third-order valence-corrected chi connectivity index (χ3v) is 4.92. The first-order valence-corrected chi connectivity index (χ1v) is 10.4. The molecule has 0 bridgehead atoms. The van der Waals surface area contributed by atoms with Gasteiger partial charge in [0.05, 0.1) is 17.2 Å². The van der Waals surface area contributed by atoms with Crippen molar-refractivity contribution in [2.24, 2.45) is 4.99 Å². The molecule has 2 N–H and O–H groups in total. The number of benzene rings is 1. The maximum absolute atomic E-state index is 5.91. The number of nitrogens with one attached hydrogen (secondary N) is 2. The molecule has 10 heteroatoms. The normalized spacial score (nSPS) is 11.2. The minimum absolute atomic E-state index is 0. The highest BCUT2D eigenvalue weighted by molar-refractivity contribution is 14.0.